The van der Waals surface area contributed by atoms with E-state index in [0.717, 1.165) is 39.1 Å². The summed E-state index contributed by atoms with van der Waals surface area (Å²) in [6, 6.07) is 0.109. The predicted octanol–water partition coefficient (Wildman–Crippen LogP) is 0.683. The molecule has 1 saturated heterocycles. The molecule has 1 fully saturated rings. The minimum atomic E-state index is 0.109. The molecule has 0 bridgehead atoms. The molecule has 1 rings (SSSR count). The molecule has 0 aromatic heterocycles. The van der Waals surface area contributed by atoms with Crippen LogP contribution in [0.25, 0.3) is 0 Å². The number of likely N-dealkylation sites (N-methyl/N-ethyl adjacent to an activating group) is 1. The van der Waals surface area contributed by atoms with E-state index in [1.54, 1.807) is 0 Å². The molecule has 0 radical (unpaired) electrons. The number of hydrogen-bond acceptors (Lipinski definition) is 4. The molecule has 1 aliphatic rings. The van der Waals surface area contributed by atoms with E-state index < -0.39 is 0 Å². The van der Waals surface area contributed by atoms with Crippen LogP contribution in [0.2, 0.25) is 0 Å². The maximum Gasteiger partial charge on any atom is 0.224 e. The molecule has 0 spiro atoms. The highest BCUT2D eigenvalue weighted by Crippen LogP contribution is 2.14. The van der Waals surface area contributed by atoms with Gasteiger partial charge in [0.1, 0.15) is 0 Å². The average Bonchev–Trinajstić information content (AvgIpc) is 2.90. The van der Waals surface area contributed by atoms with E-state index in [0.29, 0.717) is 19.1 Å². The Morgan fingerprint density at radius 3 is 2.58 bits per heavy atom. The molecule has 2 atom stereocenters. The third kappa shape index (κ3) is 5.09. The summed E-state index contributed by atoms with van der Waals surface area (Å²) in [5, 5.41) is 0. The van der Waals surface area contributed by atoms with Gasteiger partial charge >= 0.3 is 0 Å². The summed E-state index contributed by atoms with van der Waals surface area (Å²) in [5.41, 5.74) is 5.83. The second-order valence-corrected chi connectivity index (χ2v) is 5.23. The number of amides is 1. The van der Waals surface area contributed by atoms with Crippen molar-refractivity contribution in [2.24, 2.45) is 5.73 Å². The topological polar surface area (TPSA) is 58.8 Å². The zero-order valence-electron chi connectivity index (χ0n) is 12.6. The Morgan fingerprint density at radius 1 is 1.42 bits per heavy atom. The van der Waals surface area contributed by atoms with Crippen LogP contribution in [0.15, 0.2) is 0 Å². The van der Waals surface area contributed by atoms with Crippen molar-refractivity contribution in [3.63, 3.8) is 0 Å². The van der Waals surface area contributed by atoms with Gasteiger partial charge in [0.05, 0.1) is 6.10 Å². The predicted molar refractivity (Wildman–Crippen MR) is 77.0 cm³/mol. The van der Waals surface area contributed by atoms with Gasteiger partial charge in [-0.1, -0.05) is 0 Å². The van der Waals surface area contributed by atoms with Crippen molar-refractivity contribution in [2.45, 2.75) is 45.3 Å². The van der Waals surface area contributed by atoms with E-state index in [2.05, 4.69) is 4.90 Å². The maximum atomic E-state index is 12.1. The summed E-state index contributed by atoms with van der Waals surface area (Å²) in [6.07, 6.45) is 3.07. The van der Waals surface area contributed by atoms with Crippen LogP contribution < -0.4 is 5.73 Å². The molecule has 0 saturated carbocycles. The van der Waals surface area contributed by atoms with Crippen molar-refractivity contribution in [3.8, 4) is 0 Å². The molecule has 5 heteroatoms. The third-order valence-electron chi connectivity index (χ3n) is 3.94. The number of hydrogen-bond donors (Lipinski definition) is 1. The summed E-state index contributed by atoms with van der Waals surface area (Å²) >= 11 is 0. The molecule has 2 N–H and O–H groups in total. The van der Waals surface area contributed by atoms with Crippen molar-refractivity contribution in [1.29, 1.82) is 0 Å². The van der Waals surface area contributed by atoms with Crippen LogP contribution in [0, 0.1) is 0 Å². The maximum absolute atomic E-state index is 12.1. The van der Waals surface area contributed by atoms with Gasteiger partial charge in [-0.25, -0.2) is 0 Å². The number of nitrogens with zero attached hydrogens (tertiary/aromatic N) is 2. The molecule has 0 aliphatic carbocycles. The fourth-order valence-electron chi connectivity index (χ4n) is 2.58. The van der Waals surface area contributed by atoms with E-state index in [-0.39, 0.29) is 11.9 Å². The minimum absolute atomic E-state index is 0.109. The van der Waals surface area contributed by atoms with E-state index in [1.807, 2.05) is 25.8 Å². The van der Waals surface area contributed by atoms with Crippen LogP contribution in [-0.2, 0) is 9.53 Å². The van der Waals surface area contributed by atoms with Gasteiger partial charge in [-0.3, -0.25) is 9.69 Å². The van der Waals surface area contributed by atoms with Crippen LogP contribution >= 0.6 is 0 Å². The van der Waals surface area contributed by atoms with E-state index >= 15 is 0 Å². The Labute approximate surface area is 117 Å². The molecule has 2 unspecified atom stereocenters. The standard InChI is InChI=1S/C14H29N3O2/c1-4-17(5-2)14(18)9-12(10-15)16(3)11-13-7-6-8-19-13/h12-13H,4-11,15H2,1-3H3. The van der Waals surface area contributed by atoms with Crippen molar-refractivity contribution >= 4 is 5.91 Å². The first-order chi connectivity index (χ1) is 9.12. The molecule has 0 aromatic rings. The number of ether oxygens (including phenoxy) is 1. The average molecular weight is 271 g/mol. The quantitative estimate of drug-likeness (QED) is 0.705. The lowest BCUT2D eigenvalue weighted by Gasteiger charge is -2.30. The van der Waals surface area contributed by atoms with Crippen LogP contribution in [0.1, 0.15) is 33.1 Å². The molecule has 112 valence electrons. The number of nitrogens with two attached hydrogens (primary N) is 1. The van der Waals surface area contributed by atoms with Crippen molar-refractivity contribution in [1.82, 2.24) is 9.80 Å². The lowest BCUT2D eigenvalue weighted by molar-refractivity contribution is -0.132. The summed E-state index contributed by atoms with van der Waals surface area (Å²) in [4.78, 5) is 16.2. The molecule has 5 nitrogen and oxygen atoms in total. The molecule has 1 heterocycles. The third-order valence-corrected chi connectivity index (χ3v) is 3.94. The summed E-state index contributed by atoms with van der Waals surface area (Å²) in [5.74, 6) is 0.194. The van der Waals surface area contributed by atoms with Crippen LogP contribution in [0.4, 0.5) is 0 Å². The summed E-state index contributed by atoms with van der Waals surface area (Å²) < 4.78 is 5.64. The summed E-state index contributed by atoms with van der Waals surface area (Å²) in [6.45, 7) is 7.79. The van der Waals surface area contributed by atoms with Gasteiger partial charge in [0.2, 0.25) is 5.91 Å². The Balaban J connectivity index is 2.44. The summed E-state index contributed by atoms with van der Waals surface area (Å²) in [7, 11) is 2.04. The Morgan fingerprint density at radius 2 is 2.11 bits per heavy atom. The largest absolute Gasteiger partial charge is 0.377 e. The van der Waals surface area contributed by atoms with E-state index in [4.69, 9.17) is 10.5 Å². The van der Waals surface area contributed by atoms with Gasteiger partial charge < -0.3 is 15.4 Å². The zero-order chi connectivity index (χ0) is 14.3. The highest BCUT2D eigenvalue weighted by molar-refractivity contribution is 5.76. The smallest absolute Gasteiger partial charge is 0.224 e. The fraction of sp³-hybridized carbons (Fsp3) is 0.929. The van der Waals surface area contributed by atoms with E-state index in [9.17, 15) is 4.79 Å². The van der Waals surface area contributed by atoms with Crippen molar-refractivity contribution in [2.75, 3.05) is 39.8 Å². The van der Waals surface area contributed by atoms with Gasteiger partial charge in [0, 0.05) is 45.2 Å². The fourth-order valence-corrected chi connectivity index (χ4v) is 2.58. The van der Waals surface area contributed by atoms with Crippen LogP contribution in [0.5, 0.6) is 0 Å². The van der Waals surface area contributed by atoms with Gasteiger partial charge in [-0.05, 0) is 33.7 Å². The molecule has 1 amide bonds. The normalized spacial score (nSPS) is 20.8. The molecule has 0 aromatic carbocycles. The van der Waals surface area contributed by atoms with Gasteiger partial charge in [-0.2, -0.15) is 0 Å². The van der Waals surface area contributed by atoms with Gasteiger partial charge in [0.25, 0.3) is 0 Å². The number of rotatable bonds is 8. The van der Waals surface area contributed by atoms with Crippen molar-refractivity contribution in [3.05, 3.63) is 0 Å². The zero-order valence-corrected chi connectivity index (χ0v) is 12.6. The molecular weight excluding hydrogens is 242 g/mol. The highest BCUT2D eigenvalue weighted by Gasteiger charge is 2.24. The number of carbonyl (C=O) groups is 1. The van der Waals surface area contributed by atoms with Crippen molar-refractivity contribution < 1.29 is 9.53 Å². The molecule has 19 heavy (non-hydrogen) atoms. The van der Waals surface area contributed by atoms with Crippen LogP contribution in [0.3, 0.4) is 0 Å². The SMILES string of the molecule is CCN(CC)C(=O)CC(CN)N(C)CC1CCCO1. The second kappa shape index (κ2) is 8.51. The van der Waals surface area contributed by atoms with Gasteiger partial charge in [0.15, 0.2) is 0 Å². The highest BCUT2D eigenvalue weighted by atomic mass is 16.5. The van der Waals surface area contributed by atoms with E-state index in [1.165, 1.54) is 0 Å². The lowest BCUT2D eigenvalue weighted by Crippen LogP contribution is -2.45. The minimum Gasteiger partial charge on any atom is -0.377 e. The van der Waals surface area contributed by atoms with Gasteiger partial charge in [-0.15, -0.1) is 0 Å². The molecule has 1 aliphatic heterocycles. The second-order valence-electron chi connectivity index (χ2n) is 5.23. The lowest BCUT2D eigenvalue weighted by atomic mass is 10.1. The Hall–Kier alpha value is -0.650. The Bertz CT molecular complexity index is 263. The monoisotopic (exact) mass is 271 g/mol. The van der Waals surface area contributed by atoms with Crippen LogP contribution in [-0.4, -0.2) is 67.7 Å². The Kier molecular flexibility index (Phi) is 7.34. The first-order valence-electron chi connectivity index (χ1n) is 7.42. The first kappa shape index (κ1) is 16.4. The number of carbonyl (C=O) groups excluding carboxylic acids is 1. The first-order valence-corrected chi connectivity index (χ1v) is 7.42. The molecular formula is C14H29N3O2.